The van der Waals surface area contributed by atoms with Gasteiger partial charge in [0.05, 0.1) is 16.1 Å². The molecule has 0 saturated heterocycles. The lowest BCUT2D eigenvalue weighted by atomic mass is 10.1. The van der Waals surface area contributed by atoms with E-state index in [-0.39, 0.29) is 11.5 Å². The van der Waals surface area contributed by atoms with Crippen molar-refractivity contribution in [2.75, 3.05) is 5.32 Å². The number of pyridine rings is 1. The molecule has 6 nitrogen and oxygen atoms in total. The molecular formula is C18H14N4O2S. The molecule has 0 bridgehead atoms. The number of anilines is 1. The fraction of sp³-hybridized carbons (Fsp3) is 0.0556. The Morgan fingerprint density at radius 3 is 2.80 bits per heavy atom. The summed E-state index contributed by atoms with van der Waals surface area (Å²) in [6.07, 6.45) is 0. The van der Waals surface area contributed by atoms with Gasteiger partial charge in [0.25, 0.3) is 5.91 Å². The van der Waals surface area contributed by atoms with Gasteiger partial charge in [-0.25, -0.2) is 0 Å². The standard InChI is InChI=1S/C18H14N4O2S/c1-10-6-7-15(25-10)14-9-16(22-21-14)20-18(24)12-8-17(23)19-13-5-3-2-4-11(12)13/h2-9H,1H3,(H,19,23)(H2,20,21,22,24). The molecule has 0 aliphatic rings. The van der Waals surface area contributed by atoms with Gasteiger partial charge < -0.3 is 10.3 Å². The van der Waals surface area contributed by atoms with E-state index in [4.69, 9.17) is 0 Å². The first kappa shape index (κ1) is 15.3. The molecule has 0 fully saturated rings. The minimum atomic E-state index is -0.372. The van der Waals surface area contributed by atoms with Gasteiger partial charge in [-0.15, -0.1) is 11.3 Å². The van der Waals surface area contributed by atoms with Crippen LogP contribution in [0.15, 0.2) is 53.3 Å². The Hall–Kier alpha value is -3.19. The van der Waals surface area contributed by atoms with Crippen LogP contribution in [0.1, 0.15) is 15.2 Å². The number of nitrogens with zero attached hydrogens (tertiary/aromatic N) is 1. The number of amides is 1. The summed E-state index contributed by atoms with van der Waals surface area (Å²) in [5.74, 6) is 0.0399. The van der Waals surface area contributed by atoms with E-state index in [1.807, 2.05) is 31.2 Å². The predicted octanol–water partition coefficient (Wildman–Crippen LogP) is 3.54. The zero-order chi connectivity index (χ0) is 17.4. The number of aromatic nitrogens is 3. The lowest BCUT2D eigenvalue weighted by Crippen LogP contribution is -2.17. The van der Waals surface area contributed by atoms with E-state index in [0.717, 1.165) is 10.6 Å². The molecule has 0 aliphatic heterocycles. The zero-order valence-corrected chi connectivity index (χ0v) is 14.1. The summed E-state index contributed by atoms with van der Waals surface area (Å²) >= 11 is 1.64. The number of hydrogen-bond donors (Lipinski definition) is 3. The molecule has 0 aliphatic carbocycles. The highest BCUT2D eigenvalue weighted by Crippen LogP contribution is 2.27. The van der Waals surface area contributed by atoms with E-state index in [1.54, 1.807) is 29.5 Å². The second-order valence-corrected chi connectivity index (χ2v) is 6.91. The third-order valence-corrected chi connectivity index (χ3v) is 4.85. The Balaban J connectivity index is 1.65. The van der Waals surface area contributed by atoms with Crippen molar-refractivity contribution in [2.45, 2.75) is 6.92 Å². The molecule has 4 aromatic rings. The van der Waals surface area contributed by atoms with Crippen molar-refractivity contribution in [1.29, 1.82) is 0 Å². The second-order valence-electron chi connectivity index (χ2n) is 5.62. The molecule has 0 atom stereocenters. The third-order valence-electron chi connectivity index (χ3n) is 3.82. The molecule has 1 amide bonds. The van der Waals surface area contributed by atoms with Crippen molar-refractivity contribution in [3.05, 3.63) is 69.3 Å². The lowest BCUT2D eigenvalue weighted by Gasteiger charge is -2.05. The van der Waals surface area contributed by atoms with Crippen LogP contribution < -0.4 is 10.9 Å². The van der Waals surface area contributed by atoms with Gasteiger partial charge in [-0.3, -0.25) is 14.7 Å². The van der Waals surface area contributed by atoms with E-state index in [1.165, 1.54) is 10.9 Å². The number of carbonyl (C=O) groups is 1. The Morgan fingerprint density at radius 2 is 2.00 bits per heavy atom. The minimum absolute atomic E-state index is 0.316. The Labute approximate surface area is 146 Å². The highest BCUT2D eigenvalue weighted by molar-refractivity contribution is 7.15. The van der Waals surface area contributed by atoms with Gasteiger partial charge in [0, 0.05) is 27.9 Å². The normalized spacial score (nSPS) is 10.9. The summed E-state index contributed by atoms with van der Waals surface area (Å²) in [6.45, 7) is 2.03. The number of aromatic amines is 2. The van der Waals surface area contributed by atoms with Gasteiger partial charge in [-0.05, 0) is 25.1 Å². The van der Waals surface area contributed by atoms with Gasteiger partial charge in [0.1, 0.15) is 0 Å². The zero-order valence-electron chi connectivity index (χ0n) is 13.3. The number of rotatable bonds is 3. The minimum Gasteiger partial charge on any atom is -0.322 e. The van der Waals surface area contributed by atoms with Crippen molar-refractivity contribution < 1.29 is 4.79 Å². The number of fused-ring (bicyclic) bond motifs is 1. The smallest absolute Gasteiger partial charge is 0.257 e. The van der Waals surface area contributed by atoms with Gasteiger partial charge >= 0.3 is 0 Å². The van der Waals surface area contributed by atoms with Crippen LogP contribution in [-0.4, -0.2) is 21.1 Å². The lowest BCUT2D eigenvalue weighted by molar-refractivity contribution is 0.102. The van der Waals surface area contributed by atoms with Gasteiger partial charge in [0.2, 0.25) is 5.56 Å². The third kappa shape index (κ3) is 2.97. The van der Waals surface area contributed by atoms with Crippen LogP contribution in [0.25, 0.3) is 21.5 Å². The van der Waals surface area contributed by atoms with Gasteiger partial charge in [0.15, 0.2) is 5.82 Å². The molecule has 1 aromatic carbocycles. The molecule has 7 heteroatoms. The number of benzene rings is 1. The quantitative estimate of drug-likeness (QED) is 0.528. The van der Waals surface area contributed by atoms with Crippen molar-refractivity contribution in [2.24, 2.45) is 0 Å². The fourth-order valence-electron chi connectivity index (χ4n) is 2.67. The van der Waals surface area contributed by atoms with Crippen LogP contribution in [0.5, 0.6) is 0 Å². The number of hydrogen-bond acceptors (Lipinski definition) is 4. The number of carbonyl (C=O) groups excluding carboxylic acids is 1. The molecule has 0 spiro atoms. The molecule has 0 unspecified atom stereocenters. The van der Waals surface area contributed by atoms with Crippen LogP contribution in [0.3, 0.4) is 0 Å². The number of nitrogens with one attached hydrogen (secondary N) is 3. The molecule has 0 saturated carbocycles. The fourth-order valence-corrected chi connectivity index (χ4v) is 3.50. The molecule has 0 radical (unpaired) electrons. The van der Waals surface area contributed by atoms with E-state index in [0.29, 0.717) is 22.3 Å². The summed E-state index contributed by atoms with van der Waals surface area (Å²) in [5, 5.41) is 10.5. The number of thiophene rings is 1. The molecule has 124 valence electrons. The van der Waals surface area contributed by atoms with Crippen molar-refractivity contribution in [3.63, 3.8) is 0 Å². The van der Waals surface area contributed by atoms with Crippen LogP contribution in [0.2, 0.25) is 0 Å². The summed E-state index contributed by atoms with van der Waals surface area (Å²) < 4.78 is 0. The van der Waals surface area contributed by atoms with Crippen LogP contribution in [0, 0.1) is 6.92 Å². The van der Waals surface area contributed by atoms with Crippen LogP contribution in [-0.2, 0) is 0 Å². The number of H-pyrrole nitrogens is 2. The predicted molar refractivity (Wildman–Crippen MR) is 99.2 cm³/mol. The van der Waals surface area contributed by atoms with Crippen LogP contribution >= 0.6 is 11.3 Å². The molecule has 25 heavy (non-hydrogen) atoms. The Kier molecular flexibility index (Phi) is 3.70. The number of aryl methyl sites for hydroxylation is 1. The summed E-state index contributed by atoms with van der Waals surface area (Å²) in [5.41, 5.74) is 1.46. The topological polar surface area (TPSA) is 90.6 Å². The first-order valence-corrected chi connectivity index (χ1v) is 8.47. The maximum absolute atomic E-state index is 12.6. The van der Waals surface area contributed by atoms with Gasteiger partial charge in [-0.1, -0.05) is 18.2 Å². The monoisotopic (exact) mass is 350 g/mol. The SMILES string of the molecule is Cc1ccc(-c2cc(NC(=O)c3cc(=O)[nH]c4ccccc34)n[nH]2)s1. The van der Waals surface area contributed by atoms with E-state index in [9.17, 15) is 9.59 Å². The van der Waals surface area contributed by atoms with E-state index >= 15 is 0 Å². The molecule has 3 heterocycles. The highest BCUT2D eigenvalue weighted by atomic mass is 32.1. The van der Waals surface area contributed by atoms with Crippen molar-refractivity contribution >= 4 is 34.0 Å². The molecule has 3 N–H and O–H groups in total. The first-order valence-electron chi connectivity index (χ1n) is 7.66. The summed E-state index contributed by atoms with van der Waals surface area (Å²) in [7, 11) is 0. The molecule has 3 aromatic heterocycles. The number of para-hydroxylation sites is 1. The summed E-state index contributed by atoms with van der Waals surface area (Å²) in [6, 6.07) is 14.3. The Morgan fingerprint density at radius 1 is 1.16 bits per heavy atom. The van der Waals surface area contributed by atoms with Crippen LogP contribution in [0.4, 0.5) is 5.82 Å². The van der Waals surface area contributed by atoms with E-state index in [2.05, 4.69) is 20.5 Å². The average Bonchev–Trinajstić information content (AvgIpc) is 3.23. The highest BCUT2D eigenvalue weighted by Gasteiger charge is 2.14. The second kappa shape index (κ2) is 6.03. The summed E-state index contributed by atoms with van der Waals surface area (Å²) in [4.78, 5) is 29.4. The molecular weight excluding hydrogens is 336 g/mol. The Bertz CT molecular complexity index is 1140. The average molecular weight is 350 g/mol. The van der Waals surface area contributed by atoms with Gasteiger partial charge in [-0.2, -0.15) is 5.10 Å². The maximum Gasteiger partial charge on any atom is 0.257 e. The van der Waals surface area contributed by atoms with Crippen molar-refractivity contribution in [3.8, 4) is 10.6 Å². The first-order chi connectivity index (χ1) is 12.1. The molecule has 4 rings (SSSR count). The maximum atomic E-state index is 12.6. The van der Waals surface area contributed by atoms with Crippen molar-refractivity contribution in [1.82, 2.24) is 15.2 Å². The van der Waals surface area contributed by atoms with E-state index < -0.39 is 0 Å². The largest absolute Gasteiger partial charge is 0.322 e.